The molecular weight excluding hydrogens is 232 g/mol. The van der Waals surface area contributed by atoms with Crippen molar-refractivity contribution in [3.63, 3.8) is 0 Å². The van der Waals surface area contributed by atoms with Gasteiger partial charge in [-0.25, -0.2) is 0 Å². The van der Waals surface area contributed by atoms with Crippen LogP contribution in [0.4, 0.5) is 0 Å². The average Bonchev–Trinajstić information content (AvgIpc) is 2.32. The Morgan fingerprint density at radius 2 is 1.88 bits per heavy atom. The molecule has 3 nitrogen and oxygen atoms in total. The molecule has 0 saturated heterocycles. The molecule has 0 atom stereocenters. The fourth-order valence-corrected chi connectivity index (χ4v) is 1.87. The van der Waals surface area contributed by atoms with E-state index in [0.29, 0.717) is 11.5 Å². The molecule has 0 saturated carbocycles. The molecule has 17 heavy (non-hydrogen) atoms. The topological polar surface area (TPSA) is 48.0 Å². The molecule has 0 radical (unpaired) electrons. The first kappa shape index (κ1) is 11.5. The van der Waals surface area contributed by atoms with Crippen LogP contribution in [0.1, 0.15) is 11.1 Å². The molecule has 0 amide bonds. The summed E-state index contributed by atoms with van der Waals surface area (Å²) in [6.45, 7) is 0.479. The van der Waals surface area contributed by atoms with Gasteiger partial charge >= 0.3 is 0 Å². The lowest BCUT2D eigenvalue weighted by molar-refractivity contribution is 0.758. The van der Waals surface area contributed by atoms with Crippen LogP contribution in [0.25, 0.3) is 0 Å². The van der Waals surface area contributed by atoms with Gasteiger partial charge in [-0.3, -0.25) is 4.79 Å². The average molecular weight is 244 g/mol. The molecule has 1 aromatic carbocycles. The number of nitrogens with zero attached hydrogens (tertiary/aromatic N) is 1. The summed E-state index contributed by atoms with van der Waals surface area (Å²) in [5.41, 5.74) is 7.38. The quantitative estimate of drug-likeness (QED) is 0.833. The van der Waals surface area contributed by atoms with E-state index in [0.717, 1.165) is 11.1 Å². The second-order valence-electron chi connectivity index (χ2n) is 3.69. The highest BCUT2D eigenvalue weighted by molar-refractivity contribution is 7.80. The largest absolute Gasteiger partial charge is 0.389 e. The first-order chi connectivity index (χ1) is 8.18. The van der Waals surface area contributed by atoms with Crippen LogP contribution in [0, 0.1) is 0 Å². The zero-order chi connectivity index (χ0) is 12.3. The zero-order valence-corrected chi connectivity index (χ0v) is 9.98. The number of rotatable bonds is 3. The maximum absolute atomic E-state index is 11.6. The lowest BCUT2D eigenvalue weighted by atomic mass is 10.1. The summed E-state index contributed by atoms with van der Waals surface area (Å²) in [5, 5.41) is 0. The van der Waals surface area contributed by atoms with E-state index in [9.17, 15) is 4.79 Å². The van der Waals surface area contributed by atoms with Crippen LogP contribution in [0.5, 0.6) is 0 Å². The van der Waals surface area contributed by atoms with E-state index in [2.05, 4.69) is 0 Å². The molecule has 2 aromatic rings. The van der Waals surface area contributed by atoms with Crippen LogP contribution in [-0.2, 0) is 6.54 Å². The Kier molecular flexibility index (Phi) is 3.35. The molecule has 1 aromatic heterocycles. The highest BCUT2D eigenvalue weighted by Gasteiger charge is 2.05. The summed E-state index contributed by atoms with van der Waals surface area (Å²) < 4.78 is 1.62. The van der Waals surface area contributed by atoms with E-state index in [1.54, 1.807) is 16.8 Å². The van der Waals surface area contributed by atoms with Crippen LogP contribution in [-0.4, -0.2) is 9.56 Å². The summed E-state index contributed by atoms with van der Waals surface area (Å²) in [6.07, 6.45) is 1.75. The van der Waals surface area contributed by atoms with Crippen molar-refractivity contribution in [2.75, 3.05) is 0 Å². The standard InChI is InChI=1S/C13H12N2OS/c14-13(17)11-6-2-1-5-10(11)9-15-8-4-3-7-12(15)16/h1-8H,9H2,(H2,14,17). The fraction of sp³-hybridized carbons (Fsp3) is 0.0769. The lowest BCUT2D eigenvalue weighted by Crippen LogP contribution is -2.20. The van der Waals surface area contributed by atoms with Gasteiger partial charge in [-0.05, 0) is 11.6 Å². The summed E-state index contributed by atoms with van der Waals surface area (Å²) >= 11 is 4.99. The van der Waals surface area contributed by atoms with Gasteiger partial charge in [0.05, 0.1) is 6.54 Å². The molecule has 0 spiro atoms. The highest BCUT2D eigenvalue weighted by Crippen LogP contribution is 2.09. The molecule has 4 heteroatoms. The molecule has 0 bridgehead atoms. The van der Waals surface area contributed by atoms with Crippen molar-refractivity contribution in [1.82, 2.24) is 4.57 Å². The lowest BCUT2D eigenvalue weighted by Gasteiger charge is -2.09. The van der Waals surface area contributed by atoms with Crippen LogP contribution in [0.2, 0.25) is 0 Å². The first-order valence-corrected chi connectivity index (χ1v) is 5.62. The fourth-order valence-electron chi connectivity index (χ4n) is 1.67. The van der Waals surface area contributed by atoms with Crippen molar-refractivity contribution in [1.29, 1.82) is 0 Å². The van der Waals surface area contributed by atoms with Crippen molar-refractivity contribution in [2.45, 2.75) is 6.54 Å². The van der Waals surface area contributed by atoms with Crippen LogP contribution in [0.15, 0.2) is 53.5 Å². The Balaban J connectivity index is 2.40. The first-order valence-electron chi connectivity index (χ1n) is 5.21. The third-order valence-corrected chi connectivity index (χ3v) is 2.74. The Morgan fingerprint density at radius 1 is 1.18 bits per heavy atom. The summed E-state index contributed by atoms with van der Waals surface area (Å²) in [6, 6.07) is 12.7. The number of pyridine rings is 1. The van der Waals surface area contributed by atoms with E-state index in [4.69, 9.17) is 18.0 Å². The Labute approximate surface area is 105 Å². The molecule has 2 N–H and O–H groups in total. The van der Waals surface area contributed by atoms with Gasteiger partial charge in [0.2, 0.25) is 0 Å². The molecule has 0 aliphatic carbocycles. The monoisotopic (exact) mass is 244 g/mol. The van der Waals surface area contributed by atoms with Crippen molar-refractivity contribution in [3.05, 3.63) is 70.1 Å². The number of nitrogens with two attached hydrogens (primary N) is 1. The maximum Gasteiger partial charge on any atom is 0.250 e. The zero-order valence-electron chi connectivity index (χ0n) is 9.17. The van der Waals surface area contributed by atoms with Gasteiger partial charge in [0.1, 0.15) is 4.99 Å². The van der Waals surface area contributed by atoms with E-state index >= 15 is 0 Å². The number of benzene rings is 1. The maximum atomic E-state index is 11.6. The van der Waals surface area contributed by atoms with Gasteiger partial charge in [-0.2, -0.15) is 0 Å². The van der Waals surface area contributed by atoms with Gasteiger partial charge in [0.15, 0.2) is 0 Å². The molecule has 0 aliphatic rings. The summed E-state index contributed by atoms with van der Waals surface area (Å²) in [4.78, 5) is 12.0. The predicted octanol–water partition coefficient (Wildman–Crippen LogP) is 1.53. The van der Waals surface area contributed by atoms with E-state index in [-0.39, 0.29) is 5.56 Å². The Hall–Kier alpha value is -1.94. The summed E-state index contributed by atoms with van der Waals surface area (Å²) in [5.74, 6) is 0. The third kappa shape index (κ3) is 2.60. The van der Waals surface area contributed by atoms with E-state index in [1.807, 2.05) is 30.3 Å². The minimum Gasteiger partial charge on any atom is -0.389 e. The molecule has 1 heterocycles. The van der Waals surface area contributed by atoms with Crippen LogP contribution in [0.3, 0.4) is 0 Å². The van der Waals surface area contributed by atoms with Crippen LogP contribution >= 0.6 is 12.2 Å². The van der Waals surface area contributed by atoms with Gasteiger partial charge < -0.3 is 10.3 Å². The minimum atomic E-state index is -0.0368. The molecule has 0 aliphatic heterocycles. The van der Waals surface area contributed by atoms with Gasteiger partial charge in [0, 0.05) is 17.8 Å². The Bertz CT molecular complexity index is 604. The van der Waals surface area contributed by atoms with E-state index < -0.39 is 0 Å². The molecular formula is C13H12N2OS. The molecule has 0 fully saturated rings. The van der Waals surface area contributed by atoms with Gasteiger partial charge in [-0.1, -0.05) is 42.5 Å². The van der Waals surface area contributed by atoms with Crippen molar-refractivity contribution < 1.29 is 0 Å². The van der Waals surface area contributed by atoms with Crippen molar-refractivity contribution in [2.24, 2.45) is 5.73 Å². The highest BCUT2D eigenvalue weighted by atomic mass is 32.1. The second kappa shape index (κ2) is 4.93. The molecule has 0 unspecified atom stereocenters. The molecule has 86 valence electrons. The van der Waals surface area contributed by atoms with E-state index in [1.165, 1.54) is 6.07 Å². The third-order valence-electron chi connectivity index (χ3n) is 2.52. The van der Waals surface area contributed by atoms with Crippen molar-refractivity contribution >= 4 is 17.2 Å². The minimum absolute atomic E-state index is 0.0368. The second-order valence-corrected chi connectivity index (χ2v) is 4.13. The number of hydrogen-bond acceptors (Lipinski definition) is 2. The molecule has 2 rings (SSSR count). The van der Waals surface area contributed by atoms with Crippen LogP contribution < -0.4 is 11.3 Å². The smallest absolute Gasteiger partial charge is 0.250 e. The number of aromatic nitrogens is 1. The van der Waals surface area contributed by atoms with Gasteiger partial charge in [0.25, 0.3) is 5.56 Å². The normalized spacial score (nSPS) is 10.1. The summed E-state index contributed by atoms with van der Waals surface area (Å²) in [7, 11) is 0. The number of hydrogen-bond donors (Lipinski definition) is 1. The SMILES string of the molecule is NC(=S)c1ccccc1Cn1ccccc1=O. The Morgan fingerprint density at radius 3 is 2.59 bits per heavy atom. The number of thiocarbonyl (C=S) groups is 1. The van der Waals surface area contributed by atoms with Gasteiger partial charge in [-0.15, -0.1) is 0 Å². The predicted molar refractivity (Wildman–Crippen MR) is 72.1 cm³/mol. The van der Waals surface area contributed by atoms with Crippen molar-refractivity contribution in [3.8, 4) is 0 Å².